The lowest BCUT2D eigenvalue weighted by atomic mass is 9.95. The largest absolute Gasteiger partial charge is 0.353 e. The lowest BCUT2D eigenvalue weighted by molar-refractivity contribution is -0.129. The van der Waals surface area contributed by atoms with Crippen LogP contribution in [0, 0.1) is 0 Å². The molecule has 1 saturated carbocycles. The first kappa shape index (κ1) is 16.5. The number of hydrazone groups is 1. The zero-order valence-electron chi connectivity index (χ0n) is 12.3. The molecule has 0 aliphatic heterocycles. The molecule has 0 radical (unpaired) electrons. The van der Waals surface area contributed by atoms with Gasteiger partial charge in [-0.3, -0.25) is 9.59 Å². The SMILES string of the molecule is O=C(CC(=O)NC1CCCCC1)N/N=C\c1ccccc1Cl. The molecular formula is C16H20ClN3O2. The molecule has 0 heterocycles. The third-order valence-corrected chi connectivity index (χ3v) is 3.93. The highest BCUT2D eigenvalue weighted by molar-refractivity contribution is 6.33. The minimum Gasteiger partial charge on any atom is -0.353 e. The van der Waals surface area contributed by atoms with Crippen molar-refractivity contribution < 1.29 is 9.59 Å². The predicted molar refractivity (Wildman–Crippen MR) is 86.8 cm³/mol. The van der Waals surface area contributed by atoms with Gasteiger partial charge in [0.05, 0.1) is 6.21 Å². The highest BCUT2D eigenvalue weighted by Gasteiger charge is 2.17. The fourth-order valence-corrected chi connectivity index (χ4v) is 2.65. The molecular weight excluding hydrogens is 302 g/mol. The summed E-state index contributed by atoms with van der Waals surface area (Å²) in [7, 11) is 0. The maximum absolute atomic E-state index is 11.8. The van der Waals surface area contributed by atoms with E-state index in [-0.39, 0.29) is 18.4 Å². The highest BCUT2D eigenvalue weighted by atomic mass is 35.5. The average Bonchev–Trinajstić information content (AvgIpc) is 2.50. The van der Waals surface area contributed by atoms with Gasteiger partial charge in [-0.15, -0.1) is 0 Å². The van der Waals surface area contributed by atoms with Crippen LogP contribution in [0.4, 0.5) is 0 Å². The number of amides is 2. The summed E-state index contributed by atoms with van der Waals surface area (Å²) in [5.74, 6) is -0.686. The standard InChI is InChI=1S/C16H20ClN3O2/c17-14-9-5-4-6-12(14)11-18-20-16(22)10-15(21)19-13-7-2-1-3-8-13/h4-6,9,11,13H,1-3,7-8,10H2,(H,19,21)(H,20,22)/b18-11-. The molecule has 0 saturated heterocycles. The first-order valence-corrected chi connectivity index (χ1v) is 7.89. The normalized spacial score (nSPS) is 15.7. The van der Waals surface area contributed by atoms with Crippen molar-refractivity contribution in [2.45, 2.75) is 44.6 Å². The van der Waals surface area contributed by atoms with Crippen LogP contribution in [0.1, 0.15) is 44.1 Å². The van der Waals surface area contributed by atoms with Crippen molar-refractivity contribution in [1.82, 2.24) is 10.7 Å². The third kappa shape index (κ3) is 5.48. The molecule has 0 bridgehead atoms. The van der Waals surface area contributed by atoms with Crippen LogP contribution >= 0.6 is 11.6 Å². The van der Waals surface area contributed by atoms with E-state index in [0.717, 1.165) is 25.7 Å². The molecule has 1 fully saturated rings. The summed E-state index contributed by atoms with van der Waals surface area (Å²) in [6, 6.07) is 7.37. The van der Waals surface area contributed by atoms with Crippen molar-refractivity contribution in [3.8, 4) is 0 Å². The second kappa shape index (κ2) is 8.54. The van der Waals surface area contributed by atoms with E-state index in [0.29, 0.717) is 10.6 Å². The van der Waals surface area contributed by atoms with E-state index in [2.05, 4.69) is 15.8 Å². The Morgan fingerprint density at radius 1 is 1.18 bits per heavy atom. The minimum atomic E-state index is -0.434. The van der Waals surface area contributed by atoms with Crippen LogP contribution in [-0.4, -0.2) is 24.1 Å². The second-order valence-corrected chi connectivity index (χ2v) is 5.80. The summed E-state index contributed by atoms with van der Waals surface area (Å²) < 4.78 is 0. The van der Waals surface area contributed by atoms with E-state index in [9.17, 15) is 9.59 Å². The quantitative estimate of drug-likeness (QED) is 0.497. The minimum absolute atomic E-state index is 0.209. The summed E-state index contributed by atoms with van der Waals surface area (Å²) in [5, 5.41) is 7.26. The lowest BCUT2D eigenvalue weighted by Crippen LogP contribution is -2.38. The van der Waals surface area contributed by atoms with Crippen molar-refractivity contribution in [2.75, 3.05) is 0 Å². The molecule has 118 valence electrons. The Labute approximate surface area is 135 Å². The van der Waals surface area contributed by atoms with Crippen LogP contribution in [0.5, 0.6) is 0 Å². The Balaban J connectivity index is 1.73. The van der Waals surface area contributed by atoms with Crippen LogP contribution in [0.3, 0.4) is 0 Å². The summed E-state index contributed by atoms with van der Waals surface area (Å²) in [6.45, 7) is 0. The fourth-order valence-electron chi connectivity index (χ4n) is 2.46. The number of hydrogen-bond donors (Lipinski definition) is 2. The van der Waals surface area contributed by atoms with Gasteiger partial charge in [0.25, 0.3) is 0 Å². The number of benzene rings is 1. The zero-order valence-corrected chi connectivity index (χ0v) is 13.1. The molecule has 1 aliphatic rings. The number of rotatable bonds is 5. The van der Waals surface area contributed by atoms with Crippen LogP contribution in [-0.2, 0) is 9.59 Å². The molecule has 22 heavy (non-hydrogen) atoms. The van der Waals surface area contributed by atoms with E-state index in [1.54, 1.807) is 12.1 Å². The molecule has 6 heteroatoms. The topological polar surface area (TPSA) is 70.6 Å². The molecule has 2 amide bonds. The van der Waals surface area contributed by atoms with Crippen molar-refractivity contribution in [3.05, 3.63) is 34.9 Å². The second-order valence-electron chi connectivity index (χ2n) is 5.39. The van der Waals surface area contributed by atoms with Crippen LogP contribution in [0.2, 0.25) is 5.02 Å². The third-order valence-electron chi connectivity index (χ3n) is 3.59. The van der Waals surface area contributed by atoms with Gasteiger partial charge in [0, 0.05) is 16.6 Å². The summed E-state index contributed by atoms with van der Waals surface area (Å²) in [4.78, 5) is 23.4. The predicted octanol–water partition coefficient (Wildman–Crippen LogP) is 2.63. The Morgan fingerprint density at radius 2 is 1.91 bits per heavy atom. The van der Waals surface area contributed by atoms with Gasteiger partial charge in [0.2, 0.25) is 11.8 Å². The van der Waals surface area contributed by atoms with Gasteiger partial charge >= 0.3 is 0 Å². The summed E-state index contributed by atoms with van der Waals surface area (Å²) in [6.07, 6.45) is 6.74. The van der Waals surface area contributed by atoms with Crippen molar-refractivity contribution in [3.63, 3.8) is 0 Å². The molecule has 5 nitrogen and oxygen atoms in total. The van der Waals surface area contributed by atoms with E-state index < -0.39 is 5.91 Å². The van der Waals surface area contributed by atoms with Gasteiger partial charge in [0.1, 0.15) is 6.42 Å². The number of carbonyl (C=O) groups is 2. The first-order chi connectivity index (χ1) is 10.6. The summed E-state index contributed by atoms with van der Waals surface area (Å²) in [5.41, 5.74) is 3.04. The van der Waals surface area contributed by atoms with Crippen LogP contribution < -0.4 is 10.7 Å². The van der Waals surface area contributed by atoms with E-state index in [1.165, 1.54) is 12.6 Å². The van der Waals surface area contributed by atoms with Gasteiger partial charge in [-0.25, -0.2) is 5.43 Å². The number of nitrogens with one attached hydrogen (secondary N) is 2. The molecule has 1 aromatic rings. The maximum atomic E-state index is 11.8. The maximum Gasteiger partial charge on any atom is 0.249 e. The highest BCUT2D eigenvalue weighted by Crippen LogP contribution is 2.17. The lowest BCUT2D eigenvalue weighted by Gasteiger charge is -2.22. The van der Waals surface area contributed by atoms with Gasteiger partial charge in [-0.1, -0.05) is 49.1 Å². The van der Waals surface area contributed by atoms with Crippen LogP contribution in [0.15, 0.2) is 29.4 Å². The van der Waals surface area contributed by atoms with E-state index in [1.807, 2.05) is 12.1 Å². The molecule has 0 spiro atoms. The van der Waals surface area contributed by atoms with Crippen molar-refractivity contribution in [1.29, 1.82) is 0 Å². The Hall–Kier alpha value is -1.88. The van der Waals surface area contributed by atoms with Crippen molar-refractivity contribution >= 4 is 29.6 Å². The molecule has 2 rings (SSSR count). The molecule has 2 N–H and O–H groups in total. The van der Waals surface area contributed by atoms with E-state index in [4.69, 9.17) is 11.6 Å². The molecule has 0 atom stereocenters. The van der Waals surface area contributed by atoms with Crippen LogP contribution in [0.25, 0.3) is 0 Å². The number of hydrogen-bond acceptors (Lipinski definition) is 3. The summed E-state index contributed by atoms with van der Waals surface area (Å²) >= 11 is 5.96. The number of carbonyl (C=O) groups excluding carboxylic acids is 2. The Morgan fingerprint density at radius 3 is 2.64 bits per heavy atom. The average molecular weight is 322 g/mol. The molecule has 1 aromatic carbocycles. The fraction of sp³-hybridized carbons (Fsp3) is 0.438. The molecule has 0 aromatic heterocycles. The Kier molecular flexibility index (Phi) is 6.40. The number of nitrogens with zero attached hydrogens (tertiary/aromatic N) is 1. The molecule has 1 aliphatic carbocycles. The van der Waals surface area contributed by atoms with Gasteiger partial charge in [0.15, 0.2) is 0 Å². The number of halogens is 1. The van der Waals surface area contributed by atoms with Gasteiger partial charge < -0.3 is 5.32 Å². The van der Waals surface area contributed by atoms with Gasteiger partial charge in [-0.05, 0) is 18.9 Å². The smallest absolute Gasteiger partial charge is 0.249 e. The molecule has 0 unspecified atom stereocenters. The van der Waals surface area contributed by atoms with Crippen molar-refractivity contribution in [2.24, 2.45) is 5.10 Å². The monoisotopic (exact) mass is 321 g/mol. The zero-order chi connectivity index (χ0) is 15.8. The Bertz CT molecular complexity index is 554. The van der Waals surface area contributed by atoms with Gasteiger partial charge in [-0.2, -0.15) is 5.10 Å². The van der Waals surface area contributed by atoms with E-state index >= 15 is 0 Å². The first-order valence-electron chi connectivity index (χ1n) is 7.51.